The molecule has 2 bridgehead atoms. The lowest BCUT2D eigenvalue weighted by molar-refractivity contribution is 0.116. The van der Waals surface area contributed by atoms with E-state index in [1.165, 1.54) is 51.9 Å². The number of halogens is 1. The van der Waals surface area contributed by atoms with Gasteiger partial charge in [-0.3, -0.25) is 4.90 Å². The summed E-state index contributed by atoms with van der Waals surface area (Å²) in [5.41, 5.74) is 1.67. The van der Waals surface area contributed by atoms with Crippen LogP contribution in [0.4, 0.5) is 0 Å². The topological polar surface area (TPSA) is 15.3 Å². The SMILES string of the molecule is CC1(C)CC2CC(C)(CN2CC2(C)CCNC2)C1.Cl. The summed E-state index contributed by atoms with van der Waals surface area (Å²) in [7, 11) is 0. The van der Waals surface area contributed by atoms with Gasteiger partial charge in [0.05, 0.1) is 0 Å². The first-order valence-corrected chi connectivity index (χ1v) is 7.74. The molecule has 0 aromatic heterocycles. The van der Waals surface area contributed by atoms with Gasteiger partial charge in [0.2, 0.25) is 0 Å². The van der Waals surface area contributed by atoms with Crippen molar-refractivity contribution >= 4 is 12.4 Å². The molecule has 1 aliphatic carbocycles. The minimum absolute atomic E-state index is 0. The fraction of sp³-hybridized carbons (Fsp3) is 1.00. The van der Waals surface area contributed by atoms with Crippen LogP contribution < -0.4 is 5.32 Å². The van der Waals surface area contributed by atoms with Crippen LogP contribution in [0.15, 0.2) is 0 Å². The Kier molecular flexibility index (Phi) is 4.01. The highest BCUT2D eigenvalue weighted by Gasteiger charge is 2.50. The molecule has 1 saturated carbocycles. The average molecular weight is 287 g/mol. The Hall–Kier alpha value is 0.210. The van der Waals surface area contributed by atoms with Gasteiger partial charge in [-0.05, 0) is 48.5 Å². The molecule has 3 atom stereocenters. The summed E-state index contributed by atoms with van der Waals surface area (Å²) in [5, 5.41) is 3.55. The largest absolute Gasteiger partial charge is 0.316 e. The van der Waals surface area contributed by atoms with Crippen molar-refractivity contribution in [3.05, 3.63) is 0 Å². The molecule has 3 rings (SSSR count). The second kappa shape index (κ2) is 4.89. The molecule has 2 heterocycles. The van der Waals surface area contributed by atoms with E-state index >= 15 is 0 Å². The molecule has 0 aromatic rings. The molecule has 0 amide bonds. The Balaban J connectivity index is 0.00000133. The number of fused-ring (bicyclic) bond motifs is 2. The number of rotatable bonds is 2. The molecule has 0 spiro atoms. The zero-order valence-corrected chi connectivity index (χ0v) is 13.9. The van der Waals surface area contributed by atoms with Gasteiger partial charge in [0.25, 0.3) is 0 Å². The quantitative estimate of drug-likeness (QED) is 0.838. The van der Waals surface area contributed by atoms with E-state index in [0.717, 1.165) is 6.04 Å². The molecule has 3 unspecified atom stereocenters. The van der Waals surface area contributed by atoms with Crippen LogP contribution in [0.25, 0.3) is 0 Å². The Morgan fingerprint density at radius 2 is 1.89 bits per heavy atom. The van der Waals surface area contributed by atoms with Gasteiger partial charge in [-0.1, -0.05) is 27.7 Å². The third-order valence-corrected chi connectivity index (χ3v) is 5.57. The molecule has 19 heavy (non-hydrogen) atoms. The van der Waals surface area contributed by atoms with E-state index in [2.05, 4.69) is 37.9 Å². The van der Waals surface area contributed by atoms with E-state index in [1.807, 2.05) is 0 Å². The van der Waals surface area contributed by atoms with Crippen LogP contribution in [0.5, 0.6) is 0 Å². The van der Waals surface area contributed by atoms with Crippen molar-refractivity contribution in [3.8, 4) is 0 Å². The maximum atomic E-state index is 3.55. The van der Waals surface area contributed by atoms with Crippen LogP contribution in [0.2, 0.25) is 0 Å². The molecule has 3 heteroatoms. The highest BCUT2D eigenvalue weighted by molar-refractivity contribution is 5.85. The zero-order valence-electron chi connectivity index (χ0n) is 13.1. The fourth-order valence-electron chi connectivity index (χ4n) is 5.26. The molecule has 0 aromatic carbocycles. The number of likely N-dealkylation sites (tertiary alicyclic amines) is 1. The van der Waals surface area contributed by atoms with Crippen molar-refractivity contribution in [2.24, 2.45) is 16.2 Å². The van der Waals surface area contributed by atoms with E-state index in [4.69, 9.17) is 0 Å². The lowest BCUT2D eigenvalue weighted by Gasteiger charge is -2.40. The summed E-state index contributed by atoms with van der Waals surface area (Å²) < 4.78 is 0. The van der Waals surface area contributed by atoms with E-state index in [1.54, 1.807) is 0 Å². The average Bonchev–Trinajstić information content (AvgIpc) is 2.68. The summed E-state index contributed by atoms with van der Waals surface area (Å²) in [4.78, 5) is 2.84. The third-order valence-electron chi connectivity index (χ3n) is 5.57. The molecule has 3 fully saturated rings. The zero-order chi connectivity index (χ0) is 13.0. The summed E-state index contributed by atoms with van der Waals surface area (Å²) in [5.74, 6) is 0. The Bertz CT molecular complexity index is 336. The second-order valence-corrected chi connectivity index (χ2v) is 8.86. The van der Waals surface area contributed by atoms with Crippen LogP contribution in [0, 0.1) is 16.2 Å². The molecular weight excluding hydrogens is 256 g/mol. The van der Waals surface area contributed by atoms with Crippen molar-refractivity contribution in [2.75, 3.05) is 26.2 Å². The van der Waals surface area contributed by atoms with Gasteiger partial charge in [-0.15, -0.1) is 12.4 Å². The fourth-order valence-corrected chi connectivity index (χ4v) is 5.26. The monoisotopic (exact) mass is 286 g/mol. The maximum Gasteiger partial charge on any atom is 0.0106 e. The first-order valence-electron chi connectivity index (χ1n) is 7.74. The van der Waals surface area contributed by atoms with Crippen LogP contribution in [-0.4, -0.2) is 37.1 Å². The molecule has 2 nitrogen and oxygen atoms in total. The van der Waals surface area contributed by atoms with Crippen molar-refractivity contribution in [2.45, 2.75) is 59.4 Å². The normalized spacial score (nSPS) is 45.2. The smallest absolute Gasteiger partial charge is 0.0106 e. The Labute approximate surface area is 125 Å². The first kappa shape index (κ1) is 15.6. The third kappa shape index (κ3) is 3.11. The highest BCUT2D eigenvalue weighted by atomic mass is 35.5. The lowest BCUT2D eigenvalue weighted by atomic mass is 9.65. The number of nitrogens with one attached hydrogen (secondary N) is 1. The molecule has 1 N–H and O–H groups in total. The van der Waals surface area contributed by atoms with Gasteiger partial charge in [0, 0.05) is 25.7 Å². The molecular formula is C16H31ClN2. The first-order chi connectivity index (χ1) is 8.29. The van der Waals surface area contributed by atoms with Gasteiger partial charge in [-0.25, -0.2) is 0 Å². The molecule has 112 valence electrons. The summed E-state index contributed by atoms with van der Waals surface area (Å²) >= 11 is 0. The Morgan fingerprint density at radius 1 is 1.16 bits per heavy atom. The number of hydrogen-bond donors (Lipinski definition) is 1. The van der Waals surface area contributed by atoms with Gasteiger partial charge >= 0.3 is 0 Å². The maximum absolute atomic E-state index is 3.55. The van der Waals surface area contributed by atoms with Crippen molar-refractivity contribution in [1.82, 2.24) is 10.2 Å². The van der Waals surface area contributed by atoms with Crippen LogP contribution in [0.1, 0.15) is 53.4 Å². The van der Waals surface area contributed by atoms with Crippen molar-refractivity contribution < 1.29 is 0 Å². The summed E-state index contributed by atoms with van der Waals surface area (Å²) in [6.45, 7) is 15.0. The molecule has 2 saturated heterocycles. The molecule has 0 radical (unpaired) electrons. The molecule has 3 aliphatic rings. The minimum atomic E-state index is 0. The van der Waals surface area contributed by atoms with Crippen LogP contribution in [0.3, 0.4) is 0 Å². The number of nitrogens with zero attached hydrogens (tertiary/aromatic N) is 1. The predicted octanol–water partition coefficient (Wildman–Crippen LogP) is 3.31. The van der Waals surface area contributed by atoms with E-state index in [0.29, 0.717) is 16.2 Å². The van der Waals surface area contributed by atoms with E-state index in [-0.39, 0.29) is 12.4 Å². The van der Waals surface area contributed by atoms with Gasteiger partial charge in [0.15, 0.2) is 0 Å². The van der Waals surface area contributed by atoms with Gasteiger partial charge < -0.3 is 5.32 Å². The lowest BCUT2D eigenvalue weighted by Crippen LogP contribution is -2.41. The predicted molar refractivity (Wildman–Crippen MR) is 83.9 cm³/mol. The van der Waals surface area contributed by atoms with Gasteiger partial charge in [0.1, 0.15) is 0 Å². The summed E-state index contributed by atoms with van der Waals surface area (Å²) in [6, 6.07) is 0.858. The van der Waals surface area contributed by atoms with Crippen LogP contribution >= 0.6 is 12.4 Å². The van der Waals surface area contributed by atoms with Crippen molar-refractivity contribution in [3.63, 3.8) is 0 Å². The van der Waals surface area contributed by atoms with Crippen molar-refractivity contribution in [1.29, 1.82) is 0 Å². The van der Waals surface area contributed by atoms with Gasteiger partial charge in [-0.2, -0.15) is 0 Å². The Morgan fingerprint density at radius 3 is 2.53 bits per heavy atom. The second-order valence-electron chi connectivity index (χ2n) is 8.86. The standard InChI is InChI=1S/C16H30N2.ClH/c1-14(2)7-13-8-16(4,9-14)12-18(13)11-15(3)5-6-17-10-15;/h13,17H,5-12H2,1-4H3;1H. The van der Waals surface area contributed by atoms with E-state index in [9.17, 15) is 0 Å². The number of hydrogen-bond acceptors (Lipinski definition) is 2. The minimum Gasteiger partial charge on any atom is -0.316 e. The molecule has 2 aliphatic heterocycles. The van der Waals surface area contributed by atoms with Crippen LogP contribution in [-0.2, 0) is 0 Å². The highest BCUT2D eigenvalue weighted by Crippen LogP contribution is 2.53. The summed E-state index contributed by atoms with van der Waals surface area (Å²) in [6.07, 6.45) is 5.63. The van der Waals surface area contributed by atoms with E-state index < -0.39 is 0 Å².